The molecule has 1 fully saturated rings. The van der Waals surface area contributed by atoms with Crippen LogP contribution in [0.2, 0.25) is 0 Å². The number of nitrogens with one attached hydrogen (secondary N) is 2. The largest absolute Gasteiger partial charge is 0.370 e. The van der Waals surface area contributed by atoms with E-state index in [-0.39, 0.29) is 5.91 Å². The summed E-state index contributed by atoms with van der Waals surface area (Å²) < 4.78 is 0. The zero-order valence-corrected chi connectivity index (χ0v) is 12.4. The van der Waals surface area contributed by atoms with E-state index in [0.717, 1.165) is 36.7 Å². The van der Waals surface area contributed by atoms with Crippen molar-refractivity contribution in [2.24, 2.45) is 0 Å². The summed E-state index contributed by atoms with van der Waals surface area (Å²) >= 11 is 0. The number of rotatable bonds is 5. The van der Waals surface area contributed by atoms with Gasteiger partial charge in [-0.05, 0) is 12.3 Å². The maximum Gasteiger partial charge on any atom is 0.239 e. The Morgan fingerprint density at radius 2 is 2.25 bits per heavy atom. The molecule has 1 aromatic heterocycles. The van der Waals surface area contributed by atoms with E-state index < -0.39 is 0 Å². The van der Waals surface area contributed by atoms with E-state index in [9.17, 15) is 4.79 Å². The molecule has 1 aliphatic rings. The molecular weight excluding hydrogens is 254 g/mol. The predicted octanol–water partition coefficient (Wildman–Crippen LogP) is 1.36. The first-order valence-corrected chi connectivity index (χ1v) is 7.23. The topological polar surface area (TPSA) is 70.2 Å². The molecule has 1 aromatic rings. The van der Waals surface area contributed by atoms with Gasteiger partial charge in [-0.15, -0.1) is 0 Å². The first-order valence-electron chi connectivity index (χ1n) is 7.23. The Bertz CT molecular complexity index is 475. The Morgan fingerprint density at radius 3 is 2.90 bits per heavy atom. The van der Waals surface area contributed by atoms with Gasteiger partial charge >= 0.3 is 0 Å². The Morgan fingerprint density at radius 1 is 1.45 bits per heavy atom. The minimum atomic E-state index is 0.0487. The third kappa shape index (κ3) is 3.18. The van der Waals surface area contributed by atoms with Crippen LogP contribution >= 0.6 is 0 Å². The summed E-state index contributed by atoms with van der Waals surface area (Å²) in [6, 6.07) is 0. The average molecular weight is 277 g/mol. The van der Waals surface area contributed by atoms with Crippen LogP contribution in [0.25, 0.3) is 0 Å². The number of anilines is 2. The molecule has 0 aromatic carbocycles. The summed E-state index contributed by atoms with van der Waals surface area (Å²) in [5.41, 5.74) is 1.09. The first kappa shape index (κ1) is 14.6. The van der Waals surface area contributed by atoms with Gasteiger partial charge in [0.25, 0.3) is 0 Å². The molecule has 110 valence electrons. The molecule has 2 rings (SSSR count). The number of carbonyl (C=O) groups excluding carboxylic acids is 1. The highest BCUT2D eigenvalue weighted by Gasteiger charge is 2.23. The van der Waals surface area contributed by atoms with E-state index in [1.54, 1.807) is 6.33 Å². The van der Waals surface area contributed by atoms with Crippen molar-refractivity contribution in [2.45, 2.75) is 33.1 Å². The lowest BCUT2D eigenvalue weighted by molar-refractivity contribution is -0.120. The van der Waals surface area contributed by atoms with Crippen LogP contribution in [-0.4, -0.2) is 42.1 Å². The zero-order chi connectivity index (χ0) is 14.5. The van der Waals surface area contributed by atoms with Gasteiger partial charge in [0.1, 0.15) is 18.0 Å². The highest BCUT2D eigenvalue weighted by molar-refractivity contribution is 5.83. The van der Waals surface area contributed by atoms with Gasteiger partial charge in [-0.2, -0.15) is 0 Å². The second-order valence-electron chi connectivity index (χ2n) is 5.31. The van der Waals surface area contributed by atoms with Crippen molar-refractivity contribution in [3.63, 3.8) is 0 Å². The Balaban J connectivity index is 2.33. The molecule has 0 saturated carbocycles. The van der Waals surface area contributed by atoms with Gasteiger partial charge in [0.2, 0.25) is 5.91 Å². The van der Waals surface area contributed by atoms with Crippen molar-refractivity contribution in [3.8, 4) is 0 Å². The van der Waals surface area contributed by atoms with E-state index in [1.807, 2.05) is 4.90 Å². The molecular formula is C14H23N5O. The van der Waals surface area contributed by atoms with Gasteiger partial charge in [0, 0.05) is 25.2 Å². The summed E-state index contributed by atoms with van der Waals surface area (Å²) in [5.74, 6) is 2.12. The van der Waals surface area contributed by atoms with E-state index in [1.165, 1.54) is 0 Å². The van der Waals surface area contributed by atoms with E-state index in [4.69, 9.17) is 0 Å². The molecule has 2 N–H and O–H groups in total. The maximum atomic E-state index is 11.6. The quantitative estimate of drug-likeness (QED) is 0.850. The Labute approximate surface area is 120 Å². The lowest BCUT2D eigenvalue weighted by Crippen LogP contribution is -2.48. The average Bonchev–Trinajstić information content (AvgIpc) is 2.44. The van der Waals surface area contributed by atoms with Crippen molar-refractivity contribution >= 4 is 17.5 Å². The zero-order valence-electron chi connectivity index (χ0n) is 12.4. The van der Waals surface area contributed by atoms with Crippen molar-refractivity contribution in [1.82, 2.24) is 15.3 Å². The molecule has 6 heteroatoms. The number of amides is 1. The smallest absolute Gasteiger partial charge is 0.239 e. The summed E-state index contributed by atoms with van der Waals surface area (Å²) in [7, 11) is 0. The van der Waals surface area contributed by atoms with Crippen LogP contribution in [-0.2, 0) is 4.79 Å². The fourth-order valence-corrected chi connectivity index (χ4v) is 2.37. The van der Waals surface area contributed by atoms with Crippen LogP contribution < -0.4 is 15.5 Å². The summed E-state index contributed by atoms with van der Waals surface area (Å²) in [6.07, 6.45) is 2.62. The molecule has 0 aliphatic carbocycles. The third-order valence-corrected chi connectivity index (χ3v) is 3.32. The molecule has 0 atom stereocenters. The predicted molar refractivity (Wildman–Crippen MR) is 80.1 cm³/mol. The molecule has 1 amide bonds. The number of nitrogens with zero attached hydrogens (tertiary/aromatic N) is 3. The standard InChI is InChI=1S/C14H23N5O/c1-4-5-16-13-12(10(2)3)14(18-9-17-13)19-7-6-15-11(20)8-19/h9-10H,4-8H2,1-3H3,(H,15,20)(H,16,17,18). The van der Waals surface area contributed by atoms with Crippen LogP contribution in [0.1, 0.15) is 38.7 Å². The van der Waals surface area contributed by atoms with Gasteiger partial charge in [0.15, 0.2) is 0 Å². The number of carbonyl (C=O) groups is 1. The van der Waals surface area contributed by atoms with Crippen molar-refractivity contribution in [2.75, 3.05) is 36.4 Å². The maximum absolute atomic E-state index is 11.6. The SMILES string of the molecule is CCCNc1ncnc(N2CCNC(=O)C2)c1C(C)C. The van der Waals surface area contributed by atoms with Gasteiger partial charge in [-0.25, -0.2) is 9.97 Å². The van der Waals surface area contributed by atoms with E-state index in [2.05, 4.69) is 41.4 Å². The lowest BCUT2D eigenvalue weighted by atomic mass is 10.0. The van der Waals surface area contributed by atoms with Gasteiger partial charge < -0.3 is 15.5 Å². The third-order valence-electron chi connectivity index (χ3n) is 3.32. The van der Waals surface area contributed by atoms with Gasteiger partial charge in [0.05, 0.1) is 6.54 Å². The Hall–Kier alpha value is -1.85. The second kappa shape index (κ2) is 6.54. The van der Waals surface area contributed by atoms with Crippen molar-refractivity contribution in [1.29, 1.82) is 0 Å². The molecule has 20 heavy (non-hydrogen) atoms. The number of hydrogen-bond donors (Lipinski definition) is 2. The summed E-state index contributed by atoms with van der Waals surface area (Å²) in [6.45, 7) is 9.08. The summed E-state index contributed by atoms with van der Waals surface area (Å²) in [5, 5.41) is 6.20. The Kier molecular flexibility index (Phi) is 4.76. The molecule has 1 saturated heterocycles. The van der Waals surface area contributed by atoms with Gasteiger partial charge in [-0.1, -0.05) is 20.8 Å². The normalized spacial score (nSPS) is 15.4. The molecule has 1 aliphatic heterocycles. The van der Waals surface area contributed by atoms with Gasteiger partial charge in [-0.3, -0.25) is 4.79 Å². The molecule has 0 bridgehead atoms. The monoisotopic (exact) mass is 277 g/mol. The van der Waals surface area contributed by atoms with Crippen molar-refractivity contribution in [3.05, 3.63) is 11.9 Å². The number of aromatic nitrogens is 2. The number of hydrogen-bond acceptors (Lipinski definition) is 5. The van der Waals surface area contributed by atoms with E-state index in [0.29, 0.717) is 19.0 Å². The fraction of sp³-hybridized carbons (Fsp3) is 0.643. The van der Waals surface area contributed by atoms with Crippen LogP contribution in [0.3, 0.4) is 0 Å². The minimum absolute atomic E-state index is 0.0487. The van der Waals surface area contributed by atoms with Crippen LogP contribution in [0.5, 0.6) is 0 Å². The molecule has 0 spiro atoms. The van der Waals surface area contributed by atoms with Crippen molar-refractivity contribution < 1.29 is 4.79 Å². The highest BCUT2D eigenvalue weighted by atomic mass is 16.2. The molecule has 0 unspecified atom stereocenters. The minimum Gasteiger partial charge on any atom is -0.370 e. The number of piperazine rings is 1. The highest BCUT2D eigenvalue weighted by Crippen LogP contribution is 2.30. The van der Waals surface area contributed by atoms with Crippen LogP contribution in [0.15, 0.2) is 6.33 Å². The van der Waals surface area contributed by atoms with E-state index >= 15 is 0 Å². The first-order chi connectivity index (χ1) is 9.63. The molecule has 2 heterocycles. The van der Waals surface area contributed by atoms with Crippen LogP contribution in [0, 0.1) is 0 Å². The van der Waals surface area contributed by atoms with Crippen LogP contribution in [0.4, 0.5) is 11.6 Å². The summed E-state index contributed by atoms with van der Waals surface area (Å²) in [4.78, 5) is 22.4. The molecule has 0 radical (unpaired) electrons. The molecule has 6 nitrogen and oxygen atoms in total. The second-order valence-corrected chi connectivity index (χ2v) is 5.31. The lowest BCUT2D eigenvalue weighted by Gasteiger charge is -2.30. The fourth-order valence-electron chi connectivity index (χ4n) is 2.37.